The summed E-state index contributed by atoms with van der Waals surface area (Å²) < 4.78 is 5.69. The van der Waals surface area contributed by atoms with E-state index in [9.17, 15) is 0 Å². The summed E-state index contributed by atoms with van der Waals surface area (Å²) in [6.07, 6.45) is 2.05. The van der Waals surface area contributed by atoms with Crippen molar-refractivity contribution in [2.75, 3.05) is 0 Å². The number of hydrogen-bond acceptors (Lipinski definition) is 1. The zero-order valence-corrected chi connectivity index (χ0v) is 15.8. The predicted octanol–water partition coefficient (Wildman–Crippen LogP) is 8.15. The van der Waals surface area contributed by atoms with Crippen LogP contribution in [0.3, 0.4) is 0 Å². The lowest BCUT2D eigenvalue weighted by Gasteiger charge is -2.05. The van der Waals surface area contributed by atoms with Crippen LogP contribution in [0.2, 0.25) is 0 Å². The molecule has 0 fully saturated rings. The Balaban J connectivity index is 0.000000271. The Morgan fingerprint density at radius 3 is 1.57 bits per heavy atom. The number of nitrogens with one attached hydrogen (secondary N) is 1. The Morgan fingerprint density at radius 2 is 1.07 bits per heavy atom. The maximum atomic E-state index is 5.69. The number of aromatic amines is 1. The largest absolute Gasteiger partial charge is 0.457 e. The van der Waals surface area contributed by atoms with Crippen LogP contribution in [-0.4, -0.2) is 4.98 Å². The lowest BCUT2D eigenvalue weighted by molar-refractivity contribution is 0.482. The Kier molecular flexibility index (Phi) is 8.53. The molecule has 0 amide bonds. The van der Waals surface area contributed by atoms with Crippen LogP contribution in [0.1, 0.15) is 37.1 Å². The van der Waals surface area contributed by atoms with Crippen LogP contribution in [0, 0.1) is 27.7 Å². The lowest BCUT2D eigenvalue weighted by atomic mass is 10.1. The monoisotopic (exact) mass is 375 g/mol. The number of rotatable bonds is 2. The molecule has 2 heteroatoms. The van der Waals surface area contributed by atoms with E-state index >= 15 is 0 Å². The Hall–Kier alpha value is -3.00. The van der Waals surface area contributed by atoms with Crippen molar-refractivity contribution in [2.45, 2.75) is 42.5 Å². The van der Waals surface area contributed by atoms with Gasteiger partial charge in [0.2, 0.25) is 0 Å². The molecule has 0 unspecified atom stereocenters. The Morgan fingerprint density at radius 1 is 0.607 bits per heavy atom. The van der Waals surface area contributed by atoms with Gasteiger partial charge in [0.15, 0.2) is 0 Å². The normalized spacial score (nSPS) is 9.57. The molecule has 0 radical (unpaired) electrons. The second-order valence-corrected chi connectivity index (χ2v) is 6.75. The van der Waals surface area contributed by atoms with Crippen molar-refractivity contribution in [1.82, 2.24) is 4.98 Å². The summed E-state index contributed by atoms with van der Waals surface area (Å²) in [7, 11) is 0. The van der Waals surface area contributed by atoms with Gasteiger partial charge in [-0.2, -0.15) is 0 Å². The molecular weight excluding hydrogens is 342 g/mol. The summed E-state index contributed by atoms with van der Waals surface area (Å²) in [6.45, 7) is 8.37. The third kappa shape index (κ3) is 6.02. The van der Waals surface area contributed by atoms with E-state index in [-0.39, 0.29) is 14.9 Å². The third-order valence-electron chi connectivity index (χ3n) is 4.32. The number of aromatic nitrogens is 1. The number of hydrogen-bond donors (Lipinski definition) is 1. The van der Waals surface area contributed by atoms with E-state index in [0.717, 1.165) is 11.5 Å². The standard InChI is InChI=1S/C14H14O.C10H11N.2CH4/c1-11-3-7-13(8-4-11)15-14-9-5-12(2)6-10-14;1-7-3-4-10-9(5-7)8(2)6-11-10;;/h3-10H,1-2H3;3-6,11H,1-2H3;2*1H4. The summed E-state index contributed by atoms with van der Waals surface area (Å²) >= 11 is 0. The van der Waals surface area contributed by atoms with Gasteiger partial charge in [0, 0.05) is 17.1 Å². The molecule has 3 aromatic carbocycles. The summed E-state index contributed by atoms with van der Waals surface area (Å²) in [4.78, 5) is 3.22. The van der Waals surface area contributed by atoms with Crippen molar-refractivity contribution in [3.63, 3.8) is 0 Å². The fourth-order valence-electron chi connectivity index (χ4n) is 2.72. The highest BCUT2D eigenvalue weighted by Gasteiger charge is 1.97. The molecule has 28 heavy (non-hydrogen) atoms. The van der Waals surface area contributed by atoms with Gasteiger partial charge in [0.05, 0.1) is 0 Å². The molecule has 0 aliphatic heterocycles. The number of fused-ring (bicyclic) bond motifs is 1. The van der Waals surface area contributed by atoms with Crippen molar-refractivity contribution >= 4 is 10.9 Å². The van der Waals surface area contributed by atoms with E-state index in [1.54, 1.807) is 0 Å². The first-order valence-corrected chi connectivity index (χ1v) is 8.87. The quantitative estimate of drug-likeness (QED) is 0.375. The SMILES string of the molecule is C.C.Cc1ccc(Oc2ccc(C)cc2)cc1.Cc1ccc2[nH]cc(C)c2c1. The molecule has 2 nitrogen and oxygen atoms in total. The summed E-state index contributed by atoms with van der Waals surface area (Å²) in [6, 6.07) is 22.6. The van der Waals surface area contributed by atoms with Gasteiger partial charge < -0.3 is 9.72 Å². The summed E-state index contributed by atoms with van der Waals surface area (Å²) in [5.41, 5.74) is 6.36. The molecule has 1 N–H and O–H groups in total. The number of benzene rings is 3. The maximum Gasteiger partial charge on any atom is 0.127 e. The molecule has 0 bridgehead atoms. The van der Waals surface area contributed by atoms with E-state index in [4.69, 9.17) is 4.74 Å². The average Bonchev–Trinajstić information content (AvgIpc) is 3.00. The zero-order valence-electron chi connectivity index (χ0n) is 15.8. The van der Waals surface area contributed by atoms with Gasteiger partial charge in [-0.3, -0.25) is 0 Å². The summed E-state index contributed by atoms with van der Waals surface area (Å²) in [5, 5.41) is 1.34. The van der Waals surface area contributed by atoms with Gasteiger partial charge >= 0.3 is 0 Å². The second kappa shape index (κ2) is 10.4. The molecule has 1 heterocycles. The van der Waals surface area contributed by atoms with Crippen molar-refractivity contribution in [3.8, 4) is 11.5 Å². The minimum absolute atomic E-state index is 0. The van der Waals surface area contributed by atoms with Crippen LogP contribution in [0.25, 0.3) is 10.9 Å². The van der Waals surface area contributed by atoms with E-state index in [1.807, 2.05) is 54.7 Å². The first-order valence-electron chi connectivity index (χ1n) is 8.87. The number of ether oxygens (including phenoxy) is 1. The average molecular weight is 376 g/mol. The predicted molar refractivity (Wildman–Crippen MR) is 124 cm³/mol. The van der Waals surface area contributed by atoms with Crippen LogP contribution >= 0.6 is 0 Å². The molecule has 0 saturated heterocycles. The van der Waals surface area contributed by atoms with Crippen LogP contribution in [-0.2, 0) is 0 Å². The van der Waals surface area contributed by atoms with E-state index in [2.05, 4.69) is 50.9 Å². The van der Waals surface area contributed by atoms with E-state index < -0.39 is 0 Å². The molecule has 4 aromatic rings. The Bertz CT molecular complexity index is 936. The molecule has 148 valence electrons. The number of aryl methyl sites for hydroxylation is 4. The van der Waals surface area contributed by atoms with Crippen LogP contribution < -0.4 is 4.74 Å². The number of H-pyrrole nitrogens is 1. The highest BCUT2D eigenvalue weighted by Crippen LogP contribution is 2.21. The molecule has 0 spiro atoms. The van der Waals surface area contributed by atoms with Gasteiger partial charge in [-0.1, -0.05) is 61.9 Å². The molecule has 0 aliphatic carbocycles. The molecule has 0 aliphatic rings. The molecule has 0 saturated carbocycles. The minimum Gasteiger partial charge on any atom is -0.457 e. The van der Waals surface area contributed by atoms with Gasteiger partial charge in [-0.25, -0.2) is 0 Å². The molecule has 1 aromatic heterocycles. The highest BCUT2D eigenvalue weighted by molar-refractivity contribution is 5.83. The van der Waals surface area contributed by atoms with Gasteiger partial charge in [0.1, 0.15) is 11.5 Å². The summed E-state index contributed by atoms with van der Waals surface area (Å²) in [5.74, 6) is 1.76. The van der Waals surface area contributed by atoms with Crippen molar-refractivity contribution in [2.24, 2.45) is 0 Å². The Labute approximate surface area is 170 Å². The molecule has 0 atom stereocenters. The minimum atomic E-state index is 0. The fraction of sp³-hybridized carbons (Fsp3) is 0.231. The van der Waals surface area contributed by atoms with Gasteiger partial charge in [0.25, 0.3) is 0 Å². The third-order valence-corrected chi connectivity index (χ3v) is 4.32. The van der Waals surface area contributed by atoms with Gasteiger partial charge in [-0.05, 0) is 69.7 Å². The van der Waals surface area contributed by atoms with Crippen molar-refractivity contribution < 1.29 is 4.74 Å². The van der Waals surface area contributed by atoms with Crippen LogP contribution in [0.15, 0.2) is 72.9 Å². The fourth-order valence-corrected chi connectivity index (χ4v) is 2.72. The second-order valence-electron chi connectivity index (χ2n) is 6.75. The first kappa shape index (κ1) is 23.0. The maximum absolute atomic E-state index is 5.69. The first-order chi connectivity index (χ1) is 12.5. The smallest absolute Gasteiger partial charge is 0.127 e. The van der Waals surface area contributed by atoms with Crippen LogP contribution in [0.5, 0.6) is 11.5 Å². The van der Waals surface area contributed by atoms with E-state index in [0.29, 0.717) is 0 Å². The zero-order chi connectivity index (χ0) is 18.5. The molecule has 4 rings (SSSR count). The molecular formula is C26H33NO. The lowest BCUT2D eigenvalue weighted by Crippen LogP contribution is -1.84. The van der Waals surface area contributed by atoms with Crippen LogP contribution in [0.4, 0.5) is 0 Å². The van der Waals surface area contributed by atoms with E-state index in [1.165, 1.54) is 33.2 Å². The van der Waals surface area contributed by atoms with Crippen molar-refractivity contribution in [3.05, 3.63) is 95.2 Å². The van der Waals surface area contributed by atoms with Gasteiger partial charge in [-0.15, -0.1) is 0 Å². The van der Waals surface area contributed by atoms with Crippen molar-refractivity contribution in [1.29, 1.82) is 0 Å². The topological polar surface area (TPSA) is 25.0 Å². The highest BCUT2D eigenvalue weighted by atomic mass is 16.5.